The topological polar surface area (TPSA) is 77.8 Å². The van der Waals surface area contributed by atoms with Gasteiger partial charge in [0.1, 0.15) is 24.3 Å². The van der Waals surface area contributed by atoms with Crippen molar-refractivity contribution in [2.75, 3.05) is 26.3 Å². The van der Waals surface area contributed by atoms with Crippen LogP contribution in [0.5, 0.6) is 5.75 Å². The fraction of sp³-hybridized carbons (Fsp3) is 0.292. The van der Waals surface area contributed by atoms with Crippen molar-refractivity contribution in [3.05, 3.63) is 83.9 Å². The molecule has 0 radical (unpaired) electrons. The maximum Gasteiger partial charge on any atom is 0.267 e. The van der Waals surface area contributed by atoms with E-state index in [-0.39, 0.29) is 29.0 Å². The van der Waals surface area contributed by atoms with E-state index in [0.717, 1.165) is 0 Å². The van der Waals surface area contributed by atoms with Crippen molar-refractivity contribution in [2.45, 2.75) is 24.5 Å². The molecule has 0 aliphatic carbocycles. The zero-order valence-electron chi connectivity index (χ0n) is 18.2. The van der Waals surface area contributed by atoms with Crippen molar-refractivity contribution in [1.29, 1.82) is 0 Å². The summed E-state index contributed by atoms with van der Waals surface area (Å²) >= 11 is 0. The predicted molar refractivity (Wildman–Crippen MR) is 120 cm³/mol. The largest absolute Gasteiger partial charge is 0.491 e. The molecule has 1 fully saturated rings. The van der Waals surface area contributed by atoms with Gasteiger partial charge in [-0.05, 0) is 43.3 Å². The van der Waals surface area contributed by atoms with E-state index in [1.165, 1.54) is 23.0 Å². The molecular formula is C24H25FN2O5S. The van der Waals surface area contributed by atoms with Gasteiger partial charge < -0.3 is 9.47 Å². The number of hydrogen-bond donors (Lipinski definition) is 0. The normalized spacial score (nSPS) is 17.1. The van der Waals surface area contributed by atoms with Crippen LogP contribution in [0.2, 0.25) is 0 Å². The van der Waals surface area contributed by atoms with Crippen LogP contribution in [0.25, 0.3) is 0 Å². The molecule has 33 heavy (non-hydrogen) atoms. The Labute approximate surface area is 192 Å². The average molecular weight is 473 g/mol. The molecule has 0 N–H and O–H groups in total. The summed E-state index contributed by atoms with van der Waals surface area (Å²) in [5.41, 5.74) is 0.679. The standard InChI is InChI=1S/C24H25FN2O5S/c1-18(28)23-10-9-20(14-24(23)25)32-17-21-16-26(12-13-31-21)15-19-6-5-11-27(19)33(29,30)22-7-3-2-4-8-22/h2-11,14,21H,12-13,15-17H2,1H3. The highest BCUT2D eigenvalue weighted by Gasteiger charge is 2.25. The lowest BCUT2D eigenvalue weighted by Gasteiger charge is -2.32. The highest BCUT2D eigenvalue weighted by atomic mass is 32.2. The quantitative estimate of drug-likeness (QED) is 0.468. The van der Waals surface area contributed by atoms with Crippen molar-refractivity contribution in [3.63, 3.8) is 0 Å². The minimum atomic E-state index is -3.68. The van der Waals surface area contributed by atoms with E-state index in [4.69, 9.17) is 9.47 Å². The van der Waals surface area contributed by atoms with Crippen LogP contribution >= 0.6 is 0 Å². The number of aromatic nitrogens is 1. The van der Waals surface area contributed by atoms with Crippen molar-refractivity contribution in [1.82, 2.24) is 8.87 Å². The monoisotopic (exact) mass is 472 g/mol. The van der Waals surface area contributed by atoms with Crippen LogP contribution in [0, 0.1) is 5.82 Å². The molecule has 1 aromatic heterocycles. The summed E-state index contributed by atoms with van der Waals surface area (Å²) in [6.45, 7) is 3.60. The molecule has 0 saturated carbocycles. The molecule has 1 unspecified atom stereocenters. The van der Waals surface area contributed by atoms with Crippen LogP contribution in [0.4, 0.5) is 4.39 Å². The van der Waals surface area contributed by atoms with Gasteiger partial charge in [0.05, 0.1) is 17.1 Å². The zero-order valence-corrected chi connectivity index (χ0v) is 19.0. The molecule has 0 spiro atoms. The lowest BCUT2D eigenvalue weighted by molar-refractivity contribution is -0.0507. The number of ketones is 1. The lowest BCUT2D eigenvalue weighted by atomic mass is 10.1. The molecule has 0 bridgehead atoms. The Bertz CT molecular complexity index is 1230. The zero-order chi connectivity index (χ0) is 23.4. The number of nitrogens with zero attached hydrogens (tertiary/aromatic N) is 2. The summed E-state index contributed by atoms with van der Waals surface area (Å²) in [5.74, 6) is -0.642. The van der Waals surface area contributed by atoms with Gasteiger partial charge in [-0.1, -0.05) is 18.2 Å². The molecule has 0 amide bonds. The van der Waals surface area contributed by atoms with Gasteiger partial charge in [-0.25, -0.2) is 16.8 Å². The molecule has 174 valence electrons. The summed E-state index contributed by atoms with van der Waals surface area (Å²) in [4.78, 5) is 13.7. The number of halogens is 1. The maximum atomic E-state index is 14.0. The highest BCUT2D eigenvalue weighted by molar-refractivity contribution is 7.90. The molecule has 9 heteroatoms. The number of carbonyl (C=O) groups is 1. The van der Waals surface area contributed by atoms with Gasteiger partial charge >= 0.3 is 0 Å². The van der Waals surface area contributed by atoms with Crippen LogP contribution in [0.1, 0.15) is 23.0 Å². The molecule has 3 aromatic rings. The summed E-state index contributed by atoms with van der Waals surface area (Å²) in [5, 5.41) is 0. The van der Waals surface area contributed by atoms with Gasteiger partial charge in [-0.2, -0.15) is 0 Å². The Balaban J connectivity index is 1.39. The summed E-state index contributed by atoms with van der Waals surface area (Å²) in [7, 11) is -3.68. The van der Waals surface area contributed by atoms with Crippen molar-refractivity contribution >= 4 is 15.8 Å². The van der Waals surface area contributed by atoms with E-state index in [2.05, 4.69) is 4.90 Å². The second kappa shape index (κ2) is 9.86. The minimum Gasteiger partial charge on any atom is -0.491 e. The van der Waals surface area contributed by atoms with E-state index in [9.17, 15) is 17.6 Å². The number of carbonyl (C=O) groups excluding carboxylic acids is 1. The minimum absolute atomic E-state index is 0.0240. The van der Waals surface area contributed by atoms with E-state index in [1.807, 2.05) is 0 Å². The summed E-state index contributed by atoms with van der Waals surface area (Å²) in [6, 6.07) is 16.0. The fourth-order valence-electron chi connectivity index (χ4n) is 3.78. The Morgan fingerprint density at radius 1 is 1.15 bits per heavy atom. The van der Waals surface area contributed by atoms with Gasteiger partial charge in [0.15, 0.2) is 5.78 Å². The number of rotatable bonds is 8. The molecular weight excluding hydrogens is 447 g/mol. The SMILES string of the molecule is CC(=O)c1ccc(OCC2CN(Cc3cccn3S(=O)(=O)c3ccccc3)CCO2)cc1F. The Morgan fingerprint density at radius 2 is 1.94 bits per heavy atom. The first-order valence-electron chi connectivity index (χ1n) is 10.6. The van der Waals surface area contributed by atoms with Crippen LogP contribution in [0.3, 0.4) is 0 Å². The second-order valence-corrected chi connectivity index (χ2v) is 9.67. The molecule has 4 rings (SSSR count). The molecule has 2 heterocycles. The number of Topliss-reactive ketones (excluding diaryl/α,β-unsaturated/α-hetero) is 1. The van der Waals surface area contributed by atoms with Gasteiger partial charge in [0.2, 0.25) is 0 Å². The molecule has 1 atom stereocenters. The van der Waals surface area contributed by atoms with Gasteiger partial charge in [-0.15, -0.1) is 0 Å². The number of morpholine rings is 1. The van der Waals surface area contributed by atoms with E-state index < -0.39 is 15.8 Å². The van der Waals surface area contributed by atoms with Crippen molar-refractivity contribution in [2.24, 2.45) is 0 Å². The van der Waals surface area contributed by atoms with Crippen LogP contribution < -0.4 is 4.74 Å². The molecule has 1 saturated heterocycles. The highest BCUT2D eigenvalue weighted by Crippen LogP contribution is 2.20. The lowest BCUT2D eigenvalue weighted by Crippen LogP contribution is -2.44. The number of hydrogen-bond acceptors (Lipinski definition) is 6. The smallest absolute Gasteiger partial charge is 0.267 e. The van der Waals surface area contributed by atoms with Crippen LogP contribution in [0.15, 0.2) is 71.8 Å². The summed E-state index contributed by atoms with van der Waals surface area (Å²) < 4.78 is 52.8. The molecule has 1 aliphatic heterocycles. The van der Waals surface area contributed by atoms with E-state index >= 15 is 0 Å². The Morgan fingerprint density at radius 3 is 2.67 bits per heavy atom. The first-order valence-corrected chi connectivity index (χ1v) is 12.0. The molecule has 7 nitrogen and oxygen atoms in total. The molecule has 1 aliphatic rings. The fourth-order valence-corrected chi connectivity index (χ4v) is 5.16. The van der Waals surface area contributed by atoms with Gasteiger partial charge in [0.25, 0.3) is 10.0 Å². The average Bonchev–Trinajstić information content (AvgIpc) is 3.27. The summed E-state index contributed by atoms with van der Waals surface area (Å²) in [6.07, 6.45) is 1.29. The third kappa shape index (κ3) is 5.32. The Kier molecular flexibility index (Phi) is 6.92. The third-order valence-corrected chi connectivity index (χ3v) is 7.20. The van der Waals surface area contributed by atoms with E-state index in [1.54, 1.807) is 54.7 Å². The number of benzene rings is 2. The number of ether oxygens (including phenoxy) is 2. The van der Waals surface area contributed by atoms with Crippen molar-refractivity contribution < 1.29 is 27.1 Å². The third-order valence-electron chi connectivity index (χ3n) is 5.46. The van der Waals surface area contributed by atoms with Crippen LogP contribution in [-0.4, -0.2) is 55.5 Å². The van der Waals surface area contributed by atoms with Gasteiger partial charge in [0, 0.05) is 37.6 Å². The predicted octanol–water partition coefficient (Wildman–Crippen LogP) is 3.35. The van der Waals surface area contributed by atoms with Crippen LogP contribution in [-0.2, 0) is 21.3 Å². The molecule has 2 aromatic carbocycles. The van der Waals surface area contributed by atoms with E-state index in [0.29, 0.717) is 37.7 Å². The Hall–Kier alpha value is -3.01. The maximum absolute atomic E-state index is 14.0. The second-order valence-electron chi connectivity index (χ2n) is 7.85. The first kappa shape index (κ1) is 23.2. The van der Waals surface area contributed by atoms with Crippen molar-refractivity contribution in [3.8, 4) is 5.75 Å². The first-order chi connectivity index (χ1) is 15.8. The van der Waals surface area contributed by atoms with Gasteiger partial charge in [-0.3, -0.25) is 9.69 Å².